The molecule has 1 saturated heterocycles. The highest BCUT2D eigenvalue weighted by molar-refractivity contribution is 5.57. The van der Waals surface area contributed by atoms with Crippen LogP contribution in [-0.2, 0) is 0 Å². The van der Waals surface area contributed by atoms with E-state index in [-0.39, 0.29) is 12.1 Å². The van der Waals surface area contributed by atoms with E-state index >= 15 is 0 Å². The third kappa shape index (κ3) is 4.05. The van der Waals surface area contributed by atoms with Gasteiger partial charge >= 0.3 is 0 Å². The molecule has 160 valence electrons. The van der Waals surface area contributed by atoms with Crippen LogP contribution in [0.5, 0.6) is 5.75 Å². The predicted octanol–water partition coefficient (Wildman–Crippen LogP) is 3.36. The Hall–Kier alpha value is -2.87. The fraction of sp³-hybridized carbons (Fsp3) is 0.500. The molecule has 3 N–H and O–H groups in total. The Bertz CT molecular complexity index is 1020. The molecule has 0 saturated carbocycles. The van der Waals surface area contributed by atoms with Crippen molar-refractivity contribution in [2.75, 3.05) is 30.4 Å². The zero-order valence-electron chi connectivity index (χ0n) is 18.2. The Morgan fingerprint density at radius 2 is 2.07 bits per heavy atom. The smallest absolute Gasteiger partial charge is 0.230 e. The number of hydrogen-bond acceptors (Lipinski definition) is 7. The van der Waals surface area contributed by atoms with Gasteiger partial charge in [0.25, 0.3) is 0 Å². The molecule has 1 unspecified atom stereocenters. The lowest BCUT2D eigenvalue weighted by Gasteiger charge is -2.31. The van der Waals surface area contributed by atoms with Crippen molar-refractivity contribution in [2.45, 2.75) is 51.6 Å². The lowest BCUT2D eigenvalue weighted by molar-refractivity contribution is 0.414. The topological polar surface area (TPSA) is 93.6 Å². The Labute approximate surface area is 177 Å². The number of nitrogens with one attached hydrogen (secondary N) is 1. The Morgan fingerprint density at radius 1 is 1.23 bits per heavy atom. The summed E-state index contributed by atoms with van der Waals surface area (Å²) in [7, 11) is 1.68. The number of nitrogens with zero attached hydrogens (tertiary/aromatic N) is 5. The first-order valence-electron chi connectivity index (χ1n) is 10.6. The number of anilines is 2. The van der Waals surface area contributed by atoms with E-state index in [0.717, 1.165) is 48.5 Å². The van der Waals surface area contributed by atoms with Crippen LogP contribution >= 0.6 is 0 Å². The fourth-order valence-corrected chi connectivity index (χ4v) is 3.90. The molecule has 1 fully saturated rings. The molecule has 0 spiro atoms. The van der Waals surface area contributed by atoms with E-state index < -0.39 is 0 Å². The molecule has 2 atom stereocenters. The SMILES string of the molecule is COc1cccc([C@H](C)Nc2nc(N3CCCC(N)C3)nc3c(C(C)C)cnn23)c1. The highest BCUT2D eigenvalue weighted by atomic mass is 16.5. The molecule has 0 aliphatic carbocycles. The summed E-state index contributed by atoms with van der Waals surface area (Å²) in [5.74, 6) is 2.53. The zero-order chi connectivity index (χ0) is 21.3. The van der Waals surface area contributed by atoms with Crippen LogP contribution in [0.3, 0.4) is 0 Å². The van der Waals surface area contributed by atoms with Crippen LogP contribution < -0.4 is 20.7 Å². The molecule has 2 aromatic heterocycles. The fourth-order valence-electron chi connectivity index (χ4n) is 3.90. The van der Waals surface area contributed by atoms with Crippen molar-refractivity contribution < 1.29 is 4.74 Å². The number of rotatable bonds is 6. The summed E-state index contributed by atoms with van der Waals surface area (Å²) in [6.45, 7) is 8.10. The van der Waals surface area contributed by atoms with Gasteiger partial charge in [0.1, 0.15) is 5.75 Å². The highest BCUT2D eigenvalue weighted by Crippen LogP contribution is 2.27. The van der Waals surface area contributed by atoms with Crippen molar-refractivity contribution >= 4 is 17.5 Å². The second kappa shape index (κ2) is 8.47. The van der Waals surface area contributed by atoms with E-state index in [0.29, 0.717) is 17.8 Å². The Morgan fingerprint density at radius 3 is 2.80 bits per heavy atom. The molecule has 0 radical (unpaired) electrons. The number of nitrogens with two attached hydrogens (primary N) is 1. The molecule has 3 heterocycles. The summed E-state index contributed by atoms with van der Waals surface area (Å²) < 4.78 is 7.18. The van der Waals surface area contributed by atoms with Crippen LogP contribution in [0.1, 0.15) is 56.7 Å². The maximum absolute atomic E-state index is 6.21. The quantitative estimate of drug-likeness (QED) is 0.645. The van der Waals surface area contributed by atoms with Gasteiger partial charge in [0.15, 0.2) is 5.65 Å². The minimum atomic E-state index is 0.0152. The second-order valence-corrected chi connectivity index (χ2v) is 8.33. The molecule has 0 amide bonds. The van der Waals surface area contributed by atoms with Gasteiger partial charge in [-0.25, -0.2) is 0 Å². The van der Waals surface area contributed by atoms with Gasteiger partial charge in [0, 0.05) is 24.7 Å². The van der Waals surface area contributed by atoms with E-state index in [9.17, 15) is 0 Å². The van der Waals surface area contributed by atoms with Gasteiger partial charge in [-0.3, -0.25) is 0 Å². The standard InChI is InChI=1S/C22H31N7O/c1-14(2)19-12-24-29-20(19)26-21(28-10-6-8-17(23)13-28)27-22(29)25-15(3)16-7-5-9-18(11-16)30-4/h5,7,9,11-12,14-15,17H,6,8,10,13,23H2,1-4H3,(H,25,26,27)/t15-,17?/m0/s1. The van der Waals surface area contributed by atoms with Gasteiger partial charge in [-0.1, -0.05) is 26.0 Å². The number of benzene rings is 1. The van der Waals surface area contributed by atoms with Crippen molar-refractivity contribution in [3.05, 3.63) is 41.6 Å². The lowest BCUT2D eigenvalue weighted by Crippen LogP contribution is -2.43. The van der Waals surface area contributed by atoms with Gasteiger partial charge < -0.3 is 20.7 Å². The second-order valence-electron chi connectivity index (χ2n) is 8.33. The van der Waals surface area contributed by atoms with E-state index in [4.69, 9.17) is 20.4 Å². The minimum Gasteiger partial charge on any atom is -0.497 e. The lowest BCUT2D eigenvalue weighted by atomic mass is 10.1. The Balaban J connectivity index is 1.73. The van der Waals surface area contributed by atoms with Crippen molar-refractivity contribution in [3.8, 4) is 5.75 Å². The third-order valence-electron chi connectivity index (χ3n) is 5.69. The van der Waals surface area contributed by atoms with Gasteiger partial charge in [-0.15, -0.1) is 0 Å². The number of hydrogen-bond donors (Lipinski definition) is 2. The summed E-state index contributed by atoms with van der Waals surface area (Å²) in [5.41, 5.74) is 9.27. The van der Waals surface area contributed by atoms with Crippen molar-refractivity contribution in [2.24, 2.45) is 5.73 Å². The van der Waals surface area contributed by atoms with E-state index in [1.807, 2.05) is 24.4 Å². The summed E-state index contributed by atoms with van der Waals surface area (Å²) in [5, 5.41) is 8.11. The number of methoxy groups -OCH3 is 1. The summed E-state index contributed by atoms with van der Waals surface area (Å²) in [4.78, 5) is 11.9. The molecule has 3 aromatic rings. The van der Waals surface area contributed by atoms with Crippen LogP contribution in [0.2, 0.25) is 0 Å². The van der Waals surface area contributed by atoms with Crippen LogP contribution in [0.4, 0.5) is 11.9 Å². The normalized spacial score (nSPS) is 18.1. The molecule has 0 bridgehead atoms. The first kappa shape index (κ1) is 20.4. The van der Waals surface area contributed by atoms with Gasteiger partial charge in [-0.05, 0) is 43.4 Å². The van der Waals surface area contributed by atoms with Gasteiger partial charge in [-0.2, -0.15) is 19.6 Å². The molecule has 8 heteroatoms. The van der Waals surface area contributed by atoms with E-state index in [2.05, 4.69) is 42.2 Å². The monoisotopic (exact) mass is 409 g/mol. The first-order valence-corrected chi connectivity index (χ1v) is 10.6. The molecule has 8 nitrogen and oxygen atoms in total. The van der Waals surface area contributed by atoms with Crippen LogP contribution in [0.25, 0.3) is 5.65 Å². The zero-order valence-corrected chi connectivity index (χ0v) is 18.2. The van der Waals surface area contributed by atoms with Crippen LogP contribution in [0, 0.1) is 0 Å². The Kier molecular flexibility index (Phi) is 5.76. The maximum Gasteiger partial charge on any atom is 0.230 e. The van der Waals surface area contributed by atoms with Gasteiger partial charge in [0.2, 0.25) is 11.9 Å². The average Bonchev–Trinajstić information content (AvgIpc) is 3.18. The molecular weight excluding hydrogens is 378 g/mol. The molecular formula is C22H31N7O. The summed E-state index contributed by atoms with van der Waals surface area (Å²) in [6.07, 6.45) is 3.98. The maximum atomic E-state index is 6.21. The van der Waals surface area contributed by atoms with Crippen molar-refractivity contribution in [1.82, 2.24) is 19.6 Å². The first-order chi connectivity index (χ1) is 14.5. The number of fused-ring (bicyclic) bond motifs is 1. The molecule has 30 heavy (non-hydrogen) atoms. The third-order valence-corrected chi connectivity index (χ3v) is 5.69. The van der Waals surface area contributed by atoms with E-state index in [1.54, 1.807) is 11.6 Å². The van der Waals surface area contributed by atoms with Crippen molar-refractivity contribution in [3.63, 3.8) is 0 Å². The summed E-state index contributed by atoms with van der Waals surface area (Å²) >= 11 is 0. The largest absolute Gasteiger partial charge is 0.497 e. The average molecular weight is 410 g/mol. The van der Waals surface area contributed by atoms with E-state index in [1.165, 1.54) is 0 Å². The molecule has 1 aromatic carbocycles. The number of piperidine rings is 1. The molecule has 4 rings (SSSR count). The number of ether oxygens (including phenoxy) is 1. The predicted molar refractivity (Wildman–Crippen MR) is 119 cm³/mol. The minimum absolute atomic E-state index is 0.0152. The number of aromatic nitrogens is 4. The molecule has 1 aliphatic rings. The van der Waals surface area contributed by atoms with Crippen LogP contribution in [0.15, 0.2) is 30.5 Å². The van der Waals surface area contributed by atoms with Crippen LogP contribution in [-0.4, -0.2) is 45.8 Å². The highest BCUT2D eigenvalue weighted by Gasteiger charge is 2.23. The van der Waals surface area contributed by atoms with Crippen molar-refractivity contribution in [1.29, 1.82) is 0 Å². The summed E-state index contributed by atoms with van der Waals surface area (Å²) in [6, 6.07) is 8.21. The molecule has 1 aliphatic heterocycles. The van der Waals surface area contributed by atoms with Gasteiger partial charge in [0.05, 0.1) is 19.3 Å².